The van der Waals surface area contributed by atoms with Crippen molar-refractivity contribution >= 4 is 39.0 Å². The summed E-state index contributed by atoms with van der Waals surface area (Å²) in [5, 5.41) is 11.5. The molecule has 0 atom stereocenters. The molecule has 0 aromatic heterocycles. The number of benzene rings is 2. The van der Waals surface area contributed by atoms with Gasteiger partial charge in [-0.25, -0.2) is 0 Å². The standard InChI is InChI=1S/C14H9BrClNO4/c15-11-2-1-3-12(17(19)20)14(11)21-8-13(18)9-4-6-10(16)7-5-9/h1-7H,8H2. The number of hydrogen-bond donors (Lipinski definition) is 0. The molecule has 0 fully saturated rings. The molecule has 0 N–H and O–H groups in total. The number of para-hydroxylation sites is 1. The smallest absolute Gasteiger partial charge is 0.312 e. The third-order valence-corrected chi connectivity index (χ3v) is 3.53. The molecule has 0 radical (unpaired) electrons. The van der Waals surface area contributed by atoms with Gasteiger partial charge in [-0.15, -0.1) is 0 Å². The summed E-state index contributed by atoms with van der Waals surface area (Å²) in [6, 6.07) is 10.8. The van der Waals surface area contributed by atoms with Crippen molar-refractivity contribution in [3.05, 3.63) is 67.6 Å². The lowest BCUT2D eigenvalue weighted by Crippen LogP contribution is -2.12. The van der Waals surface area contributed by atoms with Crippen LogP contribution in [0.4, 0.5) is 5.69 Å². The number of ether oxygens (including phenoxy) is 1. The summed E-state index contributed by atoms with van der Waals surface area (Å²) in [4.78, 5) is 22.3. The van der Waals surface area contributed by atoms with Crippen molar-refractivity contribution < 1.29 is 14.5 Å². The monoisotopic (exact) mass is 369 g/mol. The van der Waals surface area contributed by atoms with Gasteiger partial charge < -0.3 is 4.74 Å². The van der Waals surface area contributed by atoms with E-state index in [4.69, 9.17) is 16.3 Å². The summed E-state index contributed by atoms with van der Waals surface area (Å²) in [7, 11) is 0. The molecule has 0 bridgehead atoms. The van der Waals surface area contributed by atoms with Crippen LogP contribution in [0.15, 0.2) is 46.9 Å². The highest BCUT2D eigenvalue weighted by atomic mass is 79.9. The fourth-order valence-electron chi connectivity index (χ4n) is 1.64. The van der Waals surface area contributed by atoms with Gasteiger partial charge in [-0.05, 0) is 46.3 Å². The lowest BCUT2D eigenvalue weighted by atomic mass is 10.1. The van der Waals surface area contributed by atoms with Crippen LogP contribution >= 0.6 is 27.5 Å². The molecule has 0 aliphatic heterocycles. The number of carbonyl (C=O) groups excluding carboxylic acids is 1. The Kier molecular flexibility index (Phi) is 4.93. The van der Waals surface area contributed by atoms with E-state index in [1.54, 1.807) is 30.3 Å². The molecular formula is C14H9BrClNO4. The minimum absolute atomic E-state index is 0.0322. The van der Waals surface area contributed by atoms with Crippen LogP contribution in [0.5, 0.6) is 5.75 Å². The van der Waals surface area contributed by atoms with E-state index >= 15 is 0 Å². The van der Waals surface area contributed by atoms with Crippen LogP contribution in [-0.4, -0.2) is 17.3 Å². The first-order valence-electron chi connectivity index (χ1n) is 5.83. The molecule has 21 heavy (non-hydrogen) atoms. The number of ketones is 1. The molecule has 2 rings (SSSR count). The van der Waals surface area contributed by atoms with Crippen molar-refractivity contribution in [1.82, 2.24) is 0 Å². The number of nitro groups is 1. The first kappa shape index (κ1) is 15.5. The van der Waals surface area contributed by atoms with Crippen molar-refractivity contribution in [2.24, 2.45) is 0 Å². The van der Waals surface area contributed by atoms with Crippen molar-refractivity contribution in [3.63, 3.8) is 0 Å². The largest absolute Gasteiger partial charge is 0.478 e. The zero-order chi connectivity index (χ0) is 15.4. The van der Waals surface area contributed by atoms with E-state index in [-0.39, 0.29) is 23.8 Å². The first-order valence-corrected chi connectivity index (χ1v) is 7.00. The molecular weight excluding hydrogens is 362 g/mol. The minimum atomic E-state index is -0.563. The zero-order valence-corrected chi connectivity index (χ0v) is 12.9. The third-order valence-electron chi connectivity index (χ3n) is 2.66. The van der Waals surface area contributed by atoms with Crippen LogP contribution in [0, 0.1) is 10.1 Å². The number of Topliss-reactive ketones (excluding diaryl/α,β-unsaturated/α-hetero) is 1. The van der Waals surface area contributed by atoms with Crippen LogP contribution in [0.25, 0.3) is 0 Å². The first-order chi connectivity index (χ1) is 9.99. The van der Waals surface area contributed by atoms with Crippen LogP contribution in [0.3, 0.4) is 0 Å². The molecule has 0 spiro atoms. The van der Waals surface area contributed by atoms with Gasteiger partial charge in [0.25, 0.3) is 0 Å². The topological polar surface area (TPSA) is 69.4 Å². The highest BCUT2D eigenvalue weighted by Gasteiger charge is 2.19. The number of rotatable bonds is 5. The van der Waals surface area contributed by atoms with Gasteiger partial charge in [-0.1, -0.05) is 17.7 Å². The van der Waals surface area contributed by atoms with Crippen molar-refractivity contribution in [2.45, 2.75) is 0 Å². The molecule has 7 heteroatoms. The molecule has 5 nitrogen and oxygen atoms in total. The molecule has 0 aliphatic carbocycles. The Balaban J connectivity index is 2.15. The molecule has 2 aromatic carbocycles. The fraction of sp³-hybridized carbons (Fsp3) is 0.0714. The molecule has 0 amide bonds. The fourth-order valence-corrected chi connectivity index (χ4v) is 2.24. The number of carbonyl (C=O) groups is 1. The quantitative estimate of drug-likeness (QED) is 0.448. The summed E-state index contributed by atoms with van der Waals surface area (Å²) in [6.07, 6.45) is 0. The molecule has 2 aromatic rings. The van der Waals surface area contributed by atoms with Crippen molar-refractivity contribution in [2.75, 3.05) is 6.61 Å². The highest BCUT2D eigenvalue weighted by molar-refractivity contribution is 9.10. The molecule has 0 saturated heterocycles. The van der Waals surface area contributed by atoms with Gasteiger partial charge in [0, 0.05) is 16.7 Å². The SMILES string of the molecule is O=C(COc1c(Br)cccc1[N+](=O)[O-])c1ccc(Cl)cc1. The molecule has 0 saturated carbocycles. The maximum Gasteiger partial charge on any atom is 0.312 e. The Labute approximate surface area is 133 Å². The Hall–Kier alpha value is -1.92. The maximum absolute atomic E-state index is 12.0. The molecule has 0 unspecified atom stereocenters. The second-order valence-corrected chi connectivity index (χ2v) is 5.35. The zero-order valence-electron chi connectivity index (χ0n) is 10.6. The Morgan fingerprint density at radius 3 is 2.52 bits per heavy atom. The van der Waals surface area contributed by atoms with Crippen LogP contribution in [0.1, 0.15) is 10.4 Å². The number of nitrogens with zero attached hydrogens (tertiary/aromatic N) is 1. The van der Waals surface area contributed by atoms with Crippen LogP contribution in [0.2, 0.25) is 5.02 Å². The Bertz CT molecular complexity index is 688. The van der Waals surface area contributed by atoms with E-state index in [0.717, 1.165) is 0 Å². The van der Waals surface area contributed by atoms with Crippen LogP contribution in [-0.2, 0) is 0 Å². The van der Waals surface area contributed by atoms with Crippen LogP contribution < -0.4 is 4.74 Å². The number of nitro benzene ring substituents is 1. The normalized spacial score (nSPS) is 10.2. The Morgan fingerprint density at radius 2 is 1.90 bits per heavy atom. The second kappa shape index (κ2) is 6.69. The van der Waals surface area contributed by atoms with E-state index in [2.05, 4.69) is 15.9 Å². The number of hydrogen-bond acceptors (Lipinski definition) is 4. The van der Waals surface area contributed by atoms with E-state index in [0.29, 0.717) is 15.1 Å². The third kappa shape index (κ3) is 3.80. The lowest BCUT2D eigenvalue weighted by Gasteiger charge is -2.08. The second-order valence-electron chi connectivity index (χ2n) is 4.06. The van der Waals surface area contributed by atoms with Gasteiger partial charge in [0.1, 0.15) is 0 Å². The van der Waals surface area contributed by atoms with Gasteiger partial charge in [-0.2, -0.15) is 0 Å². The van der Waals surface area contributed by atoms with E-state index in [1.165, 1.54) is 12.1 Å². The molecule has 0 heterocycles. The molecule has 108 valence electrons. The number of halogens is 2. The molecule has 0 aliphatic rings. The summed E-state index contributed by atoms with van der Waals surface area (Å²) in [5.41, 5.74) is 0.224. The van der Waals surface area contributed by atoms with E-state index < -0.39 is 4.92 Å². The summed E-state index contributed by atoms with van der Waals surface area (Å²) >= 11 is 8.92. The average Bonchev–Trinajstić information content (AvgIpc) is 2.46. The van der Waals surface area contributed by atoms with Crippen molar-refractivity contribution in [1.29, 1.82) is 0 Å². The predicted octanol–water partition coefficient (Wildman–Crippen LogP) is 4.27. The summed E-state index contributed by atoms with van der Waals surface area (Å²) < 4.78 is 5.72. The van der Waals surface area contributed by atoms with Crippen molar-refractivity contribution in [3.8, 4) is 5.75 Å². The maximum atomic E-state index is 12.0. The van der Waals surface area contributed by atoms with Gasteiger partial charge >= 0.3 is 5.69 Å². The highest BCUT2D eigenvalue weighted by Crippen LogP contribution is 2.34. The Morgan fingerprint density at radius 1 is 1.24 bits per heavy atom. The van der Waals surface area contributed by atoms with Gasteiger partial charge in [0.2, 0.25) is 5.75 Å². The predicted molar refractivity (Wildman–Crippen MR) is 82.1 cm³/mol. The lowest BCUT2D eigenvalue weighted by molar-refractivity contribution is -0.385. The summed E-state index contributed by atoms with van der Waals surface area (Å²) in [5.74, 6) is -0.262. The minimum Gasteiger partial charge on any atom is -0.478 e. The summed E-state index contributed by atoms with van der Waals surface area (Å²) in [6.45, 7) is -0.301. The van der Waals surface area contributed by atoms with E-state index in [1.807, 2.05) is 0 Å². The average molecular weight is 371 g/mol. The van der Waals surface area contributed by atoms with Gasteiger partial charge in [-0.3, -0.25) is 14.9 Å². The van der Waals surface area contributed by atoms with Gasteiger partial charge in [0.05, 0.1) is 9.40 Å². The van der Waals surface area contributed by atoms with E-state index in [9.17, 15) is 14.9 Å². The van der Waals surface area contributed by atoms with Gasteiger partial charge in [0.15, 0.2) is 12.4 Å².